The van der Waals surface area contributed by atoms with E-state index >= 15 is 0 Å². The Hall–Kier alpha value is -0.700. The molecule has 8 heavy (non-hydrogen) atoms. The van der Waals surface area contributed by atoms with Crippen LogP contribution in [0.5, 0.6) is 0 Å². The maximum atomic E-state index is 10.2. The van der Waals surface area contributed by atoms with E-state index < -0.39 is 0 Å². The minimum Gasteiger partial charge on any atom is -0.293 e. The molecular formula is C4H5ClN2O. The predicted molar refractivity (Wildman–Crippen MR) is 33.9 cm³/mol. The molecule has 0 aromatic rings. The SMILES string of the molecule is Cl.O=C1C=NN=CC1. The van der Waals surface area contributed by atoms with E-state index in [4.69, 9.17) is 0 Å². The van der Waals surface area contributed by atoms with Crippen molar-refractivity contribution >= 4 is 30.6 Å². The highest BCUT2D eigenvalue weighted by atomic mass is 35.5. The summed E-state index contributed by atoms with van der Waals surface area (Å²) in [5, 5.41) is 6.80. The fourth-order valence-electron chi connectivity index (χ4n) is 0.328. The first-order chi connectivity index (χ1) is 3.39. The number of halogens is 1. The third-order valence-corrected chi connectivity index (χ3v) is 0.643. The molecule has 1 aliphatic rings. The average Bonchev–Trinajstić information content (AvgIpc) is 1.69. The highest BCUT2D eigenvalue weighted by Crippen LogP contribution is 1.83. The van der Waals surface area contributed by atoms with Crippen molar-refractivity contribution in [2.45, 2.75) is 6.42 Å². The minimum absolute atomic E-state index is 0. The molecule has 0 aliphatic carbocycles. The van der Waals surface area contributed by atoms with Crippen LogP contribution in [-0.2, 0) is 4.79 Å². The Morgan fingerprint density at radius 1 is 1.50 bits per heavy atom. The van der Waals surface area contributed by atoms with Crippen LogP contribution >= 0.6 is 12.4 Å². The zero-order valence-corrected chi connectivity index (χ0v) is 4.89. The molecule has 0 spiro atoms. The second-order valence-electron chi connectivity index (χ2n) is 1.21. The largest absolute Gasteiger partial charge is 0.293 e. The van der Waals surface area contributed by atoms with Gasteiger partial charge < -0.3 is 0 Å². The molecule has 0 saturated heterocycles. The van der Waals surface area contributed by atoms with Crippen LogP contribution in [-0.4, -0.2) is 18.2 Å². The molecule has 0 bridgehead atoms. The molecular weight excluding hydrogens is 128 g/mol. The lowest BCUT2D eigenvalue weighted by atomic mass is 10.3. The molecule has 0 radical (unpaired) electrons. The van der Waals surface area contributed by atoms with Crippen molar-refractivity contribution < 1.29 is 4.79 Å². The molecule has 0 unspecified atom stereocenters. The number of hydrogen-bond acceptors (Lipinski definition) is 3. The van der Waals surface area contributed by atoms with Crippen molar-refractivity contribution in [3.8, 4) is 0 Å². The minimum atomic E-state index is 0. The van der Waals surface area contributed by atoms with Gasteiger partial charge in [0.15, 0.2) is 5.78 Å². The quantitative estimate of drug-likeness (QED) is 0.472. The van der Waals surface area contributed by atoms with Gasteiger partial charge in [-0.2, -0.15) is 10.2 Å². The van der Waals surface area contributed by atoms with Gasteiger partial charge in [0.25, 0.3) is 0 Å². The van der Waals surface area contributed by atoms with Crippen molar-refractivity contribution in [3.05, 3.63) is 0 Å². The lowest BCUT2D eigenvalue weighted by Crippen LogP contribution is -2.01. The number of nitrogens with zero attached hydrogens (tertiary/aromatic N) is 2. The molecule has 0 aromatic carbocycles. The predicted octanol–water partition coefficient (Wildman–Crippen LogP) is 0.438. The van der Waals surface area contributed by atoms with Crippen LogP contribution in [0, 0.1) is 0 Å². The first-order valence-corrected chi connectivity index (χ1v) is 1.97. The highest BCUT2D eigenvalue weighted by molar-refractivity contribution is 6.31. The van der Waals surface area contributed by atoms with Crippen molar-refractivity contribution in [1.29, 1.82) is 0 Å². The molecule has 44 valence electrons. The van der Waals surface area contributed by atoms with Crippen LogP contribution in [0.4, 0.5) is 0 Å². The van der Waals surface area contributed by atoms with Crippen LogP contribution < -0.4 is 0 Å². The van der Waals surface area contributed by atoms with E-state index in [2.05, 4.69) is 10.2 Å². The van der Waals surface area contributed by atoms with Gasteiger partial charge in [-0.1, -0.05) is 0 Å². The molecule has 0 atom stereocenters. The van der Waals surface area contributed by atoms with Gasteiger partial charge in [0.1, 0.15) is 0 Å². The summed E-state index contributed by atoms with van der Waals surface area (Å²) in [5.74, 6) is 0.0231. The highest BCUT2D eigenvalue weighted by Gasteiger charge is 1.95. The molecule has 0 amide bonds. The Labute approximate surface area is 52.9 Å². The standard InChI is InChI=1S/C4H4N2O.ClH/c7-4-1-2-5-6-3-4;/h2-3H,1H2;1H. The van der Waals surface area contributed by atoms with Crippen molar-refractivity contribution in [2.75, 3.05) is 0 Å². The molecule has 1 rings (SSSR count). The normalized spacial score (nSPS) is 15.8. The summed E-state index contributed by atoms with van der Waals surface area (Å²) in [5.41, 5.74) is 0. The second-order valence-corrected chi connectivity index (χ2v) is 1.21. The topological polar surface area (TPSA) is 41.8 Å². The number of hydrogen-bond donors (Lipinski definition) is 0. The Bertz CT molecular complexity index is 141. The van der Waals surface area contributed by atoms with E-state index in [0.717, 1.165) is 0 Å². The molecule has 1 aliphatic heterocycles. The number of ketones is 1. The fourth-order valence-corrected chi connectivity index (χ4v) is 0.328. The monoisotopic (exact) mass is 132 g/mol. The number of carbonyl (C=O) groups is 1. The maximum Gasteiger partial charge on any atom is 0.181 e. The van der Waals surface area contributed by atoms with Gasteiger partial charge in [-0.15, -0.1) is 12.4 Å². The van der Waals surface area contributed by atoms with Crippen molar-refractivity contribution in [3.63, 3.8) is 0 Å². The maximum absolute atomic E-state index is 10.2. The van der Waals surface area contributed by atoms with Crippen LogP contribution in [0.25, 0.3) is 0 Å². The van der Waals surface area contributed by atoms with Crippen molar-refractivity contribution in [2.24, 2.45) is 10.2 Å². The summed E-state index contributed by atoms with van der Waals surface area (Å²) in [7, 11) is 0. The number of rotatable bonds is 0. The van der Waals surface area contributed by atoms with Gasteiger partial charge in [0.2, 0.25) is 0 Å². The average molecular weight is 133 g/mol. The lowest BCUT2D eigenvalue weighted by Gasteiger charge is -1.86. The molecule has 0 aromatic heterocycles. The third kappa shape index (κ3) is 1.84. The summed E-state index contributed by atoms with van der Waals surface area (Å²) >= 11 is 0. The zero-order chi connectivity index (χ0) is 5.11. The Kier molecular flexibility index (Phi) is 3.03. The van der Waals surface area contributed by atoms with E-state index in [1.165, 1.54) is 12.4 Å². The Morgan fingerprint density at radius 3 is 2.50 bits per heavy atom. The third-order valence-electron chi connectivity index (χ3n) is 0.643. The van der Waals surface area contributed by atoms with E-state index in [9.17, 15) is 4.79 Å². The van der Waals surface area contributed by atoms with Crippen LogP contribution in [0.2, 0.25) is 0 Å². The summed E-state index contributed by atoms with van der Waals surface area (Å²) in [6, 6.07) is 0. The first-order valence-electron chi connectivity index (χ1n) is 1.97. The molecule has 0 N–H and O–H groups in total. The Balaban J connectivity index is 0.000000490. The van der Waals surface area contributed by atoms with Crippen molar-refractivity contribution in [1.82, 2.24) is 0 Å². The van der Waals surface area contributed by atoms with E-state index in [1.54, 1.807) is 0 Å². The van der Waals surface area contributed by atoms with Gasteiger partial charge in [-0.05, 0) is 0 Å². The summed E-state index contributed by atoms with van der Waals surface area (Å²) in [6.07, 6.45) is 3.12. The summed E-state index contributed by atoms with van der Waals surface area (Å²) in [4.78, 5) is 10.2. The van der Waals surface area contributed by atoms with Gasteiger partial charge >= 0.3 is 0 Å². The fraction of sp³-hybridized carbons (Fsp3) is 0.250. The van der Waals surface area contributed by atoms with E-state index in [0.29, 0.717) is 6.42 Å². The van der Waals surface area contributed by atoms with Gasteiger partial charge in [-0.3, -0.25) is 4.79 Å². The number of Topliss-reactive ketones (excluding diaryl/α,β-unsaturated/α-hetero) is 1. The smallest absolute Gasteiger partial charge is 0.181 e. The lowest BCUT2D eigenvalue weighted by molar-refractivity contribution is -0.111. The molecule has 0 saturated carbocycles. The van der Waals surface area contributed by atoms with Gasteiger partial charge in [0.05, 0.1) is 6.21 Å². The first kappa shape index (κ1) is 7.30. The second kappa shape index (κ2) is 3.32. The summed E-state index contributed by atoms with van der Waals surface area (Å²) < 4.78 is 0. The molecule has 3 nitrogen and oxygen atoms in total. The molecule has 1 heterocycles. The van der Waals surface area contributed by atoms with Gasteiger partial charge in [0, 0.05) is 12.6 Å². The van der Waals surface area contributed by atoms with Gasteiger partial charge in [-0.25, -0.2) is 0 Å². The molecule has 0 fully saturated rings. The van der Waals surface area contributed by atoms with E-state index in [-0.39, 0.29) is 18.2 Å². The zero-order valence-electron chi connectivity index (χ0n) is 4.07. The number of carbonyl (C=O) groups excluding carboxylic acids is 1. The van der Waals surface area contributed by atoms with Crippen LogP contribution in [0.3, 0.4) is 0 Å². The van der Waals surface area contributed by atoms with E-state index in [1.807, 2.05) is 0 Å². The molecule has 4 heteroatoms. The van der Waals surface area contributed by atoms with Crippen LogP contribution in [0.1, 0.15) is 6.42 Å². The Morgan fingerprint density at radius 2 is 2.25 bits per heavy atom. The van der Waals surface area contributed by atoms with Crippen LogP contribution in [0.15, 0.2) is 10.2 Å². The summed E-state index contributed by atoms with van der Waals surface area (Å²) in [6.45, 7) is 0.